The Morgan fingerprint density at radius 1 is 0.841 bits per heavy atom. The molecule has 0 N–H and O–H groups in total. The minimum atomic E-state index is -1.14. The molecule has 12 heteroatoms. The topological polar surface area (TPSA) is 82.7 Å². The Labute approximate surface area is 265 Å². The van der Waals surface area contributed by atoms with Crippen molar-refractivity contribution in [3.05, 3.63) is 114 Å². The highest BCUT2D eigenvalue weighted by molar-refractivity contribution is 6.35. The highest BCUT2D eigenvalue weighted by atomic mass is 35.5. The van der Waals surface area contributed by atoms with E-state index in [1.165, 1.54) is 17.7 Å². The van der Waals surface area contributed by atoms with Gasteiger partial charge in [0, 0.05) is 66.2 Å². The number of hydrogen-bond donors (Lipinski definition) is 0. The maximum absolute atomic E-state index is 6.57. The van der Waals surface area contributed by atoms with E-state index in [9.17, 15) is 0 Å². The van der Waals surface area contributed by atoms with E-state index in [0.717, 1.165) is 37.6 Å². The van der Waals surface area contributed by atoms with E-state index in [2.05, 4.69) is 61.3 Å². The fraction of sp³-hybridized carbons (Fsp3) is 0.281. The van der Waals surface area contributed by atoms with Gasteiger partial charge in [-0.1, -0.05) is 29.3 Å². The van der Waals surface area contributed by atoms with Gasteiger partial charge >= 0.3 is 0 Å². The summed E-state index contributed by atoms with van der Waals surface area (Å²) in [4.78, 5) is 13.0. The maximum Gasteiger partial charge on any atom is 0.217 e. The zero-order valence-corrected chi connectivity index (χ0v) is 25.4. The monoisotopic (exact) mass is 631 g/mol. The minimum Gasteiger partial charge on any atom is -0.491 e. The molecule has 2 unspecified atom stereocenters. The molecule has 2 aromatic heterocycles. The molecule has 0 spiro atoms. The molecule has 7 rings (SSSR count). The van der Waals surface area contributed by atoms with Crippen LogP contribution in [0.2, 0.25) is 10.0 Å². The smallest absolute Gasteiger partial charge is 0.217 e. The lowest BCUT2D eigenvalue weighted by atomic mass is 10.1. The molecule has 2 aliphatic heterocycles. The summed E-state index contributed by atoms with van der Waals surface area (Å²) in [6.07, 6.45) is 8.33. The van der Waals surface area contributed by atoms with Crippen LogP contribution in [-0.4, -0.2) is 69.8 Å². The fourth-order valence-corrected chi connectivity index (χ4v) is 6.25. The SMILES string of the molecule is Clc1ccc(C2(Cn3cncn3)OCC(COc3ccc(N4CCN(c5ccc(-n6ccnc6)cc5)CC4)cc3)O2)c(Cl)c1. The van der Waals surface area contributed by atoms with Crippen molar-refractivity contribution in [1.82, 2.24) is 24.3 Å². The van der Waals surface area contributed by atoms with Gasteiger partial charge in [-0.2, -0.15) is 5.10 Å². The van der Waals surface area contributed by atoms with E-state index in [4.69, 9.17) is 37.4 Å². The van der Waals surface area contributed by atoms with Gasteiger partial charge in [0.2, 0.25) is 5.79 Å². The molecule has 226 valence electrons. The number of halogens is 2. The highest BCUT2D eigenvalue weighted by Gasteiger charge is 2.45. The van der Waals surface area contributed by atoms with E-state index in [0.29, 0.717) is 28.8 Å². The molecular weight excluding hydrogens is 601 g/mol. The van der Waals surface area contributed by atoms with Crippen LogP contribution in [0.5, 0.6) is 5.75 Å². The van der Waals surface area contributed by atoms with Crippen LogP contribution in [0.4, 0.5) is 11.4 Å². The van der Waals surface area contributed by atoms with Crippen molar-refractivity contribution < 1.29 is 14.2 Å². The molecule has 2 aliphatic rings. The number of anilines is 2. The summed E-state index contributed by atoms with van der Waals surface area (Å²) >= 11 is 12.7. The molecule has 0 aliphatic carbocycles. The third-order valence-electron chi connectivity index (χ3n) is 7.97. The van der Waals surface area contributed by atoms with Crippen LogP contribution in [0.1, 0.15) is 5.56 Å². The second kappa shape index (κ2) is 12.5. The summed E-state index contributed by atoms with van der Waals surface area (Å²) in [5.74, 6) is -0.371. The lowest BCUT2D eigenvalue weighted by Gasteiger charge is -2.37. The van der Waals surface area contributed by atoms with Gasteiger partial charge in [0.05, 0.1) is 18.0 Å². The van der Waals surface area contributed by atoms with Gasteiger partial charge < -0.3 is 28.6 Å². The number of nitrogens with zero attached hydrogens (tertiary/aromatic N) is 7. The molecule has 4 heterocycles. The van der Waals surface area contributed by atoms with Gasteiger partial charge in [-0.05, 0) is 60.7 Å². The van der Waals surface area contributed by atoms with Crippen LogP contribution in [-0.2, 0) is 21.8 Å². The van der Waals surface area contributed by atoms with Crippen LogP contribution in [0, 0.1) is 0 Å². The van der Waals surface area contributed by atoms with Gasteiger partial charge in [-0.3, -0.25) is 0 Å². The Kier molecular flexibility index (Phi) is 8.14. The Morgan fingerprint density at radius 3 is 2.18 bits per heavy atom. The molecule has 10 nitrogen and oxygen atoms in total. The molecule has 3 aromatic carbocycles. The quantitative estimate of drug-likeness (QED) is 0.213. The number of imidazole rings is 1. The largest absolute Gasteiger partial charge is 0.491 e. The molecule has 0 bridgehead atoms. The summed E-state index contributed by atoms with van der Waals surface area (Å²) < 4.78 is 22.5. The molecule has 5 aromatic rings. The first-order chi connectivity index (χ1) is 21.5. The molecule has 2 fully saturated rings. The normalized spacial score (nSPS) is 20.3. The van der Waals surface area contributed by atoms with Crippen molar-refractivity contribution in [3.8, 4) is 11.4 Å². The van der Waals surface area contributed by atoms with Crippen LogP contribution in [0.15, 0.2) is 98.1 Å². The summed E-state index contributed by atoms with van der Waals surface area (Å²) in [6, 6.07) is 22.1. The van der Waals surface area contributed by atoms with Crippen molar-refractivity contribution in [3.63, 3.8) is 0 Å². The predicted molar refractivity (Wildman–Crippen MR) is 169 cm³/mol. The van der Waals surface area contributed by atoms with Gasteiger partial charge in [-0.25, -0.2) is 14.6 Å². The molecule has 0 radical (unpaired) electrons. The number of ether oxygens (including phenoxy) is 3. The van der Waals surface area contributed by atoms with E-state index in [1.807, 2.05) is 35.3 Å². The third-order valence-corrected chi connectivity index (χ3v) is 8.52. The lowest BCUT2D eigenvalue weighted by Crippen LogP contribution is -2.46. The van der Waals surface area contributed by atoms with Gasteiger partial charge in [0.15, 0.2) is 0 Å². The molecule has 2 atom stereocenters. The van der Waals surface area contributed by atoms with Crippen LogP contribution in [0.25, 0.3) is 5.69 Å². The zero-order valence-electron chi connectivity index (χ0n) is 23.9. The van der Waals surface area contributed by atoms with Crippen molar-refractivity contribution >= 4 is 34.6 Å². The molecule has 44 heavy (non-hydrogen) atoms. The van der Waals surface area contributed by atoms with Gasteiger partial charge in [-0.15, -0.1) is 0 Å². The summed E-state index contributed by atoms with van der Waals surface area (Å²) in [5.41, 5.74) is 4.20. The van der Waals surface area contributed by atoms with Crippen LogP contribution in [0.3, 0.4) is 0 Å². The van der Waals surface area contributed by atoms with Gasteiger partial charge in [0.1, 0.15) is 37.7 Å². The molecule has 0 saturated carbocycles. The van der Waals surface area contributed by atoms with Crippen LogP contribution < -0.4 is 14.5 Å². The molecular formula is C32H31Cl2N7O3. The minimum absolute atomic E-state index is 0.281. The standard InChI is InChI=1S/C32H31Cl2N7O3/c33-24-1-10-30(31(34)17-24)32(20-41-23-36-21-37-41)43-19-29(44-32)18-42-28-8-6-26(7-9-28)39-15-13-38(14-16-39)25-2-4-27(5-3-25)40-12-11-35-22-40/h1-12,17,21-23,29H,13-16,18-20H2. The highest BCUT2D eigenvalue weighted by Crippen LogP contribution is 2.40. The number of rotatable bonds is 9. The first kappa shape index (κ1) is 28.7. The maximum atomic E-state index is 6.57. The number of hydrogen-bond acceptors (Lipinski definition) is 8. The Morgan fingerprint density at radius 2 is 1.55 bits per heavy atom. The molecule has 2 saturated heterocycles. The van der Waals surface area contributed by atoms with E-state index in [-0.39, 0.29) is 12.6 Å². The summed E-state index contributed by atoms with van der Waals surface area (Å²) in [6.45, 7) is 4.73. The van der Waals surface area contributed by atoms with Crippen molar-refractivity contribution in [2.24, 2.45) is 0 Å². The second-order valence-corrected chi connectivity index (χ2v) is 11.6. The average Bonchev–Trinajstić information content (AvgIpc) is 3.85. The number of aromatic nitrogens is 5. The average molecular weight is 633 g/mol. The first-order valence-corrected chi connectivity index (χ1v) is 15.2. The van der Waals surface area contributed by atoms with Gasteiger partial charge in [0.25, 0.3) is 0 Å². The number of piperazine rings is 1. The number of benzene rings is 3. The van der Waals surface area contributed by atoms with Crippen molar-refractivity contribution in [1.29, 1.82) is 0 Å². The predicted octanol–water partition coefficient (Wildman–Crippen LogP) is 5.44. The van der Waals surface area contributed by atoms with Crippen molar-refractivity contribution in [2.45, 2.75) is 18.4 Å². The Bertz CT molecular complexity index is 1660. The molecule has 0 amide bonds. The zero-order chi connectivity index (χ0) is 29.9. The second-order valence-electron chi connectivity index (χ2n) is 10.8. The lowest BCUT2D eigenvalue weighted by molar-refractivity contribution is -0.190. The third kappa shape index (κ3) is 6.11. The summed E-state index contributed by atoms with van der Waals surface area (Å²) in [5, 5.41) is 5.22. The summed E-state index contributed by atoms with van der Waals surface area (Å²) in [7, 11) is 0. The Hall–Kier alpha value is -4.09. The van der Waals surface area contributed by atoms with E-state index >= 15 is 0 Å². The van der Waals surface area contributed by atoms with E-state index < -0.39 is 5.79 Å². The van der Waals surface area contributed by atoms with Crippen molar-refractivity contribution in [2.75, 3.05) is 49.2 Å². The van der Waals surface area contributed by atoms with Crippen LogP contribution >= 0.6 is 23.2 Å². The fourth-order valence-electron chi connectivity index (χ4n) is 5.69. The first-order valence-electron chi connectivity index (χ1n) is 14.5. The van der Waals surface area contributed by atoms with E-state index in [1.54, 1.807) is 29.3 Å². The Balaban J connectivity index is 0.936.